The summed E-state index contributed by atoms with van der Waals surface area (Å²) in [4.78, 5) is 20.4. The van der Waals surface area contributed by atoms with Crippen molar-refractivity contribution in [3.05, 3.63) is 102 Å². The fourth-order valence-electron chi connectivity index (χ4n) is 3.59. The maximum absolute atomic E-state index is 13.1. The third-order valence-electron chi connectivity index (χ3n) is 5.35. The lowest BCUT2D eigenvalue weighted by atomic mass is 9.95. The first-order valence-electron chi connectivity index (χ1n) is 10.4. The molecule has 0 aliphatic rings. The third-order valence-corrected chi connectivity index (χ3v) is 5.35. The number of halogens is 1. The fourth-order valence-corrected chi connectivity index (χ4v) is 3.59. The van der Waals surface area contributed by atoms with Gasteiger partial charge in [-0.2, -0.15) is 0 Å². The third kappa shape index (κ3) is 4.89. The topological polar surface area (TPSA) is 57.8 Å². The summed E-state index contributed by atoms with van der Waals surface area (Å²) < 4.78 is 13.1. The van der Waals surface area contributed by atoms with Crippen LogP contribution in [0.5, 0.6) is 0 Å². The molecule has 0 saturated carbocycles. The summed E-state index contributed by atoms with van der Waals surface area (Å²) in [5.74, 6) is 0.367. The number of aromatic amines is 1. The molecular weight excluding hydrogens is 389 g/mol. The van der Waals surface area contributed by atoms with Crippen molar-refractivity contribution in [3.8, 4) is 22.6 Å². The second-order valence-corrected chi connectivity index (χ2v) is 7.44. The zero-order valence-corrected chi connectivity index (χ0v) is 17.3. The van der Waals surface area contributed by atoms with Gasteiger partial charge in [0, 0.05) is 12.1 Å². The number of hydrogen-bond donors (Lipinski definition) is 2. The molecule has 1 aromatic heterocycles. The van der Waals surface area contributed by atoms with E-state index in [9.17, 15) is 9.18 Å². The molecule has 0 radical (unpaired) electrons. The van der Waals surface area contributed by atoms with Crippen LogP contribution in [0.2, 0.25) is 0 Å². The first kappa shape index (κ1) is 20.5. The maximum Gasteiger partial charge on any atom is 0.227 e. The summed E-state index contributed by atoms with van der Waals surface area (Å²) in [6.45, 7) is 2.50. The number of carbonyl (C=O) groups excluding carboxylic acids is 1. The van der Waals surface area contributed by atoms with E-state index in [4.69, 9.17) is 0 Å². The number of aromatic nitrogens is 2. The lowest BCUT2D eigenvalue weighted by Crippen LogP contribution is -2.28. The van der Waals surface area contributed by atoms with Crippen LogP contribution in [0.1, 0.15) is 30.4 Å². The van der Waals surface area contributed by atoms with E-state index in [-0.39, 0.29) is 17.6 Å². The van der Waals surface area contributed by atoms with Crippen LogP contribution in [0.25, 0.3) is 22.6 Å². The molecule has 0 aliphatic heterocycles. The number of benzene rings is 3. The average molecular weight is 413 g/mol. The molecule has 156 valence electrons. The van der Waals surface area contributed by atoms with Crippen molar-refractivity contribution in [1.29, 1.82) is 0 Å². The summed E-state index contributed by atoms with van der Waals surface area (Å²) in [5, 5.41) is 3.04. The van der Waals surface area contributed by atoms with Crippen LogP contribution < -0.4 is 5.32 Å². The molecule has 0 bridgehead atoms. The first-order valence-corrected chi connectivity index (χ1v) is 10.4. The summed E-state index contributed by atoms with van der Waals surface area (Å²) in [6.07, 6.45) is 2.49. The highest BCUT2D eigenvalue weighted by Crippen LogP contribution is 2.23. The molecule has 1 atom stereocenters. The Labute approximate surface area is 181 Å². The van der Waals surface area contributed by atoms with E-state index >= 15 is 0 Å². The van der Waals surface area contributed by atoms with Gasteiger partial charge in [0.15, 0.2) is 0 Å². The lowest BCUT2D eigenvalue weighted by Gasteiger charge is -2.15. The average Bonchev–Trinajstić information content (AvgIpc) is 3.30. The fraction of sp³-hybridized carbons (Fsp3) is 0.154. The highest BCUT2D eigenvalue weighted by Gasteiger charge is 2.17. The molecule has 0 fully saturated rings. The molecule has 1 amide bonds. The van der Waals surface area contributed by atoms with Gasteiger partial charge in [0.1, 0.15) is 11.6 Å². The smallest absolute Gasteiger partial charge is 0.227 e. The van der Waals surface area contributed by atoms with Crippen molar-refractivity contribution in [1.82, 2.24) is 15.3 Å². The molecule has 0 unspecified atom stereocenters. The Kier molecular flexibility index (Phi) is 6.22. The van der Waals surface area contributed by atoms with Gasteiger partial charge in [0.2, 0.25) is 5.91 Å². The molecule has 0 spiro atoms. The van der Waals surface area contributed by atoms with E-state index in [0.717, 1.165) is 40.2 Å². The van der Waals surface area contributed by atoms with Crippen molar-refractivity contribution in [2.45, 2.75) is 25.8 Å². The largest absolute Gasteiger partial charge is 0.351 e. The Hall–Kier alpha value is -3.73. The quantitative estimate of drug-likeness (QED) is 0.409. The van der Waals surface area contributed by atoms with Crippen molar-refractivity contribution < 1.29 is 9.18 Å². The SMILES string of the molecule is CC[C@@H](C(=O)NCc1ccc(-c2ncc(-c3ccc(F)cc3)[nH]2)cc1)c1ccccc1. The van der Waals surface area contributed by atoms with Gasteiger partial charge in [0.25, 0.3) is 0 Å². The van der Waals surface area contributed by atoms with E-state index in [1.54, 1.807) is 18.3 Å². The van der Waals surface area contributed by atoms with Gasteiger partial charge >= 0.3 is 0 Å². The minimum atomic E-state index is -0.264. The van der Waals surface area contributed by atoms with Crippen LogP contribution in [0.4, 0.5) is 4.39 Å². The van der Waals surface area contributed by atoms with Crippen molar-refractivity contribution in [3.63, 3.8) is 0 Å². The molecular formula is C26H24FN3O. The van der Waals surface area contributed by atoms with Crippen LogP contribution in [-0.2, 0) is 11.3 Å². The number of carbonyl (C=O) groups is 1. The van der Waals surface area contributed by atoms with Crippen LogP contribution >= 0.6 is 0 Å². The lowest BCUT2D eigenvalue weighted by molar-refractivity contribution is -0.122. The van der Waals surface area contributed by atoms with E-state index in [1.165, 1.54) is 12.1 Å². The van der Waals surface area contributed by atoms with Gasteiger partial charge in [-0.05, 0) is 47.4 Å². The Balaban J connectivity index is 1.39. The van der Waals surface area contributed by atoms with Crippen LogP contribution in [0.3, 0.4) is 0 Å². The monoisotopic (exact) mass is 413 g/mol. The number of hydrogen-bond acceptors (Lipinski definition) is 2. The normalized spacial score (nSPS) is 11.8. The number of imidazole rings is 1. The van der Waals surface area contributed by atoms with Gasteiger partial charge in [-0.3, -0.25) is 4.79 Å². The second kappa shape index (κ2) is 9.39. The van der Waals surface area contributed by atoms with Gasteiger partial charge in [0.05, 0.1) is 17.8 Å². The molecule has 31 heavy (non-hydrogen) atoms. The van der Waals surface area contributed by atoms with Gasteiger partial charge in [-0.1, -0.05) is 61.5 Å². The van der Waals surface area contributed by atoms with E-state index < -0.39 is 0 Å². The molecule has 1 heterocycles. The van der Waals surface area contributed by atoms with Crippen LogP contribution in [0.15, 0.2) is 85.1 Å². The van der Waals surface area contributed by atoms with E-state index in [0.29, 0.717) is 6.54 Å². The minimum Gasteiger partial charge on any atom is -0.351 e. The number of rotatable bonds is 7. The predicted molar refractivity (Wildman–Crippen MR) is 121 cm³/mol. The number of nitrogens with zero attached hydrogens (tertiary/aromatic N) is 1. The number of nitrogens with one attached hydrogen (secondary N) is 2. The molecule has 0 aliphatic carbocycles. The summed E-state index contributed by atoms with van der Waals surface area (Å²) >= 11 is 0. The Morgan fingerprint density at radius 1 is 0.968 bits per heavy atom. The Morgan fingerprint density at radius 2 is 1.65 bits per heavy atom. The molecule has 5 heteroatoms. The summed E-state index contributed by atoms with van der Waals surface area (Å²) in [5.41, 5.74) is 4.71. The number of amides is 1. The highest BCUT2D eigenvalue weighted by molar-refractivity contribution is 5.83. The molecule has 4 rings (SSSR count). The van der Waals surface area contributed by atoms with Gasteiger partial charge in [-0.25, -0.2) is 9.37 Å². The van der Waals surface area contributed by atoms with Crippen LogP contribution in [-0.4, -0.2) is 15.9 Å². The van der Waals surface area contributed by atoms with Crippen molar-refractivity contribution in [2.75, 3.05) is 0 Å². The highest BCUT2D eigenvalue weighted by atomic mass is 19.1. The molecule has 3 aromatic carbocycles. The zero-order valence-electron chi connectivity index (χ0n) is 17.3. The predicted octanol–water partition coefficient (Wildman–Crippen LogP) is 5.69. The Morgan fingerprint density at radius 3 is 2.32 bits per heavy atom. The van der Waals surface area contributed by atoms with E-state index in [2.05, 4.69) is 15.3 Å². The zero-order chi connectivity index (χ0) is 21.6. The summed E-state index contributed by atoms with van der Waals surface area (Å²) in [7, 11) is 0. The minimum absolute atomic E-state index is 0.0350. The second-order valence-electron chi connectivity index (χ2n) is 7.44. The summed E-state index contributed by atoms with van der Waals surface area (Å²) in [6, 6.07) is 24.1. The molecule has 0 saturated heterocycles. The standard InChI is InChI=1S/C26H24FN3O/c1-2-23(19-6-4-3-5-7-19)26(31)29-16-18-8-10-21(11-9-18)25-28-17-24(30-25)20-12-14-22(27)15-13-20/h3-15,17,23H,2,16H2,1H3,(H,28,30)(H,29,31)/t23-/m1/s1. The van der Waals surface area contributed by atoms with E-state index in [1.807, 2.05) is 61.5 Å². The first-order chi connectivity index (χ1) is 15.1. The van der Waals surface area contributed by atoms with Gasteiger partial charge in [-0.15, -0.1) is 0 Å². The van der Waals surface area contributed by atoms with Crippen molar-refractivity contribution >= 4 is 5.91 Å². The molecule has 4 aromatic rings. The van der Waals surface area contributed by atoms with Crippen LogP contribution in [0, 0.1) is 5.82 Å². The molecule has 4 nitrogen and oxygen atoms in total. The van der Waals surface area contributed by atoms with Gasteiger partial charge < -0.3 is 10.3 Å². The number of H-pyrrole nitrogens is 1. The van der Waals surface area contributed by atoms with Crippen molar-refractivity contribution in [2.24, 2.45) is 0 Å². The maximum atomic E-state index is 13.1. The Bertz CT molecular complexity index is 1140. The molecule has 2 N–H and O–H groups in total.